The third-order valence-electron chi connectivity index (χ3n) is 6.49. The van der Waals surface area contributed by atoms with E-state index in [1.807, 2.05) is 47.4 Å². The van der Waals surface area contributed by atoms with E-state index in [9.17, 15) is 9.59 Å². The first-order valence-corrected chi connectivity index (χ1v) is 10.6. The van der Waals surface area contributed by atoms with Gasteiger partial charge >= 0.3 is 0 Å². The van der Waals surface area contributed by atoms with E-state index in [0.717, 1.165) is 30.5 Å². The van der Waals surface area contributed by atoms with Crippen LogP contribution in [-0.4, -0.2) is 56.2 Å². The number of carbonyl (C=O) groups excluding carboxylic acids is 2. The fraction of sp³-hybridized carbons (Fsp3) is 0.348. The minimum absolute atomic E-state index is 0.0313. The Balaban J connectivity index is 1.27. The molecule has 1 spiro atoms. The van der Waals surface area contributed by atoms with E-state index in [1.165, 1.54) is 0 Å². The van der Waals surface area contributed by atoms with Crippen LogP contribution in [0.1, 0.15) is 45.9 Å². The monoisotopic (exact) mass is 416 g/mol. The molecule has 3 aromatic rings. The molecular formula is C23H24N6O2. The molecule has 0 radical (unpaired) electrons. The Bertz CT molecular complexity index is 1120. The lowest BCUT2D eigenvalue weighted by atomic mass is 9.74. The Labute approximate surface area is 180 Å². The highest BCUT2D eigenvalue weighted by Gasteiger charge is 2.53. The number of benzene rings is 1. The van der Waals surface area contributed by atoms with Gasteiger partial charge in [-0.05, 0) is 31.9 Å². The van der Waals surface area contributed by atoms with Crippen molar-refractivity contribution in [1.29, 1.82) is 0 Å². The molecule has 31 heavy (non-hydrogen) atoms. The van der Waals surface area contributed by atoms with Crippen LogP contribution in [0.15, 0.2) is 48.5 Å². The topological polar surface area (TPSA) is 104 Å². The fourth-order valence-corrected chi connectivity index (χ4v) is 4.81. The number of aromatic amines is 1. The molecule has 1 saturated carbocycles. The standard InChI is InChI=1S/C23H24N6O2/c1-15-20(27-28-26-15)21(30)25-19-11-6-12-23(19)13-29(14-23)22(31)18-10-5-9-17(24-18)16-7-3-2-4-8-16/h2-5,7-10,19H,6,11-14H2,1H3,(H,25,30)(H,26,27,28). The number of aromatic nitrogens is 4. The SMILES string of the molecule is Cc1n[nH]nc1C(=O)NC1CCCC12CN(C(=O)c1cccc(-c3ccccc3)n1)C2. The second-order valence-electron chi connectivity index (χ2n) is 8.47. The van der Waals surface area contributed by atoms with Crippen molar-refractivity contribution in [2.24, 2.45) is 5.41 Å². The first-order chi connectivity index (χ1) is 15.1. The molecule has 1 aromatic carbocycles. The Morgan fingerprint density at radius 2 is 1.90 bits per heavy atom. The van der Waals surface area contributed by atoms with Crippen molar-refractivity contribution in [3.63, 3.8) is 0 Å². The van der Waals surface area contributed by atoms with Crippen molar-refractivity contribution in [1.82, 2.24) is 30.6 Å². The van der Waals surface area contributed by atoms with Gasteiger partial charge in [0.05, 0.1) is 11.4 Å². The molecule has 2 aliphatic rings. The van der Waals surface area contributed by atoms with Gasteiger partial charge in [0.15, 0.2) is 5.69 Å². The van der Waals surface area contributed by atoms with Crippen LogP contribution in [-0.2, 0) is 0 Å². The third-order valence-corrected chi connectivity index (χ3v) is 6.49. The number of nitrogens with one attached hydrogen (secondary N) is 2. The summed E-state index contributed by atoms with van der Waals surface area (Å²) in [4.78, 5) is 32.1. The van der Waals surface area contributed by atoms with Gasteiger partial charge in [0.25, 0.3) is 11.8 Å². The van der Waals surface area contributed by atoms with Gasteiger partial charge in [0.2, 0.25) is 0 Å². The van der Waals surface area contributed by atoms with Gasteiger partial charge in [-0.25, -0.2) is 4.98 Å². The molecule has 158 valence electrons. The number of aryl methyl sites for hydroxylation is 1. The van der Waals surface area contributed by atoms with Gasteiger partial charge in [0, 0.05) is 30.1 Å². The summed E-state index contributed by atoms with van der Waals surface area (Å²) >= 11 is 0. The number of rotatable bonds is 4. The zero-order valence-corrected chi connectivity index (χ0v) is 17.3. The van der Waals surface area contributed by atoms with E-state index in [4.69, 9.17) is 0 Å². The average molecular weight is 416 g/mol. The highest BCUT2D eigenvalue weighted by Crippen LogP contribution is 2.46. The zero-order valence-electron chi connectivity index (χ0n) is 17.3. The molecule has 1 aliphatic heterocycles. The number of carbonyl (C=O) groups is 2. The quantitative estimate of drug-likeness (QED) is 0.680. The highest BCUT2D eigenvalue weighted by molar-refractivity contribution is 5.94. The molecule has 2 amide bonds. The normalized spacial score (nSPS) is 19.3. The lowest BCUT2D eigenvalue weighted by molar-refractivity contribution is -0.00477. The fourth-order valence-electron chi connectivity index (χ4n) is 4.81. The zero-order chi connectivity index (χ0) is 21.4. The average Bonchev–Trinajstić information content (AvgIpc) is 3.39. The molecule has 0 bridgehead atoms. The summed E-state index contributed by atoms with van der Waals surface area (Å²) in [6.45, 7) is 3.01. The molecule has 3 heterocycles. The number of amides is 2. The van der Waals surface area contributed by atoms with Crippen LogP contribution >= 0.6 is 0 Å². The molecule has 2 N–H and O–H groups in total. The van der Waals surface area contributed by atoms with Crippen LogP contribution in [0.5, 0.6) is 0 Å². The molecule has 8 nitrogen and oxygen atoms in total. The predicted molar refractivity (Wildman–Crippen MR) is 114 cm³/mol. The first kappa shape index (κ1) is 19.4. The number of hydrogen-bond acceptors (Lipinski definition) is 5. The van der Waals surface area contributed by atoms with Gasteiger partial charge in [-0.3, -0.25) is 9.59 Å². The molecule has 2 aromatic heterocycles. The number of likely N-dealkylation sites (tertiary alicyclic amines) is 1. The first-order valence-electron chi connectivity index (χ1n) is 10.6. The molecule has 8 heteroatoms. The summed E-state index contributed by atoms with van der Waals surface area (Å²) in [5.74, 6) is -0.271. The van der Waals surface area contributed by atoms with Crippen molar-refractivity contribution in [3.8, 4) is 11.3 Å². The van der Waals surface area contributed by atoms with Crippen molar-refractivity contribution in [3.05, 3.63) is 65.6 Å². The minimum atomic E-state index is -0.209. The van der Waals surface area contributed by atoms with Crippen molar-refractivity contribution in [2.75, 3.05) is 13.1 Å². The molecular weight excluding hydrogens is 392 g/mol. The van der Waals surface area contributed by atoms with Crippen LogP contribution in [0.25, 0.3) is 11.3 Å². The van der Waals surface area contributed by atoms with Gasteiger partial charge < -0.3 is 10.2 Å². The number of nitrogens with zero attached hydrogens (tertiary/aromatic N) is 4. The second kappa shape index (κ2) is 7.61. The number of H-pyrrole nitrogens is 1. The Morgan fingerprint density at radius 1 is 1.10 bits per heavy atom. The summed E-state index contributed by atoms with van der Waals surface area (Å²) in [5.41, 5.74) is 3.07. The van der Waals surface area contributed by atoms with Crippen LogP contribution in [0.2, 0.25) is 0 Å². The third kappa shape index (κ3) is 3.48. The van der Waals surface area contributed by atoms with Gasteiger partial charge in [-0.15, -0.1) is 0 Å². The lowest BCUT2D eigenvalue weighted by Gasteiger charge is -2.51. The van der Waals surface area contributed by atoms with E-state index in [-0.39, 0.29) is 23.3 Å². The van der Waals surface area contributed by atoms with Crippen molar-refractivity contribution < 1.29 is 9.59 Å². The van der Waals surface area contributed by atoms with Crippen LogP contribution in [0.4, 0.5) is 0 Å². The van der Waals surface area contributed by atoms with E-state index >= 15 is 0 Å². The van der Waals surface area contributed by atoms with Crippen molar-refractivity contribution >= 4 is 11.8 Å². The summed E-state index contributed by atoms with van der Waals surface area (Å²) in [6, 6.07) is 15.4. The van der Waals surface area contributed by atoms with Crippen LogP contribution < -0.4 is 5.32 Å². The molecule has 1 atom stereocenters. The van der Waals surface area contributed by atoms with E-state index < -0.39 is 0 Å². The Kier molecular flexibility index (Phi) is 4.77. The predicted octanol–water partition coefficient (Wildman–Crippen LogP) is 2.60. The maximum atomic E-state index is 13.1. The van der Waals surface area contributed by atoms with Crippen LogP contribution in [0.3, 0.4) is 0 Å². The van der Waals surface area contributed by atoms with Gasteiger partial charge in [-0.1, -0.05) is 42.8 Å². The smallest absolute Gasteiger partial charge is 0.273 e. The maximum absolute atomic E-state index is 13.1. The highest BCUT2D eigenvalue weighted by atomic mass is 16.2. The summed E-state index contributed by atoms with van der Waals surface area (Å²) in [6.07, 6.45) is 2.94. The van der Waals surface area contributed by atoms with E-state index in [1.54, 1.807) is 13.0 Å². The largest absolute Gasteiger partial charge is 0.347 e. The van der Waals surface area contributed by atoms with Crippen LogP contribution in [0, 0.1) is 12.3 Å². The number of pyridine rings is 1. The Morgan fingerprint density at radius 3 is 2.65 bits per heavy atom. The maximum Gasteiger partial charge on any atom is 0.273 e. The lowest BCUT2D eigenvalue weighted by Crippen LogP contribution is -2.64. The molecule has 1 aliphatic carbocycles. The molecule has 2 fully saturated rings. The second-order valence-corrected chi connectivity index (χ2v) is 8.47. The Hall–Kier alpha value is -3.55. The van der Waals surface area contributed by atoms with E-state index in [0.29, 0.717) is 30.2 Å². The van der Waals surface area contributed by atoms with Gasteiger partial charge in [-0.2, -0.15) is 15.4 Å². The summed E-state index contributed by atoms with van der Waals surface area (Å²) < 4.78 is 0. The number of hydrogen-bond donors (Lipinski definition) is 2. The minimum Gasteiger partial charge on any atom is -0.347 e. The molecule has 5 rings (SSSR count). The summed E-state index contributed by atoms with van der Waals surface area (Å²) in [7, 11) is 0. The van der Waals surface area contributed by atoms with Crippen molar-refractivity contribution in [2.45, 2.75) is 32.2 Å². The summed E-state index contributed by atoms with van der Waals surface area (Å²) in [5, 5.41) is 13.5. The van der Waals surface area contributed by atoms with Gasteiger partial charge in [0.1, 0.15) is 5.69 Å². The molecule has 1 unspecified atom stereocenters. The molecule has 1 saturated heterocycles. The van der Waals surface area contributed by atoms with E-state index in [2.05, 4.69) is 25.7 Å².